The Morgan fingerprint density at radius 1 is 1.14 bits per heavy atom. The van der Waals surface area contributed by atoms with E-state index in [1.165, 1.54) is 0 Å². The normalized spacial score (nSPS) is 14.1. The maximum Gasteiger partial charge on any atom is 0.251 e. The highest BCUT2D eigenvalue weighted by molar-refractivity contribution is 6.30. The zero-order valence-corrected chi connectivity index (χ0v) is 21.0. The molecule has 4 aromatic rings. The average Bonchev–Trinajstić information content (AvgIpc) is 3.16. The first-order valence-electron chi connectivity index (χ1n) is 11.8. The van der Waals surface area contributed by atoms with Crippen molar-refractivity contribution in [2.24, 2.45) is 7.05 Å². The van der Waals surface area contributed by atoms with Gasteiger partial charge in [-0.25, -0.2) is 4.98 Å². The van der Waals surface area contributed by atoms with Crippen LogP contribution in [0.4, 0.5) is 5.69 Å². The third kappa shape index (κ3) is 5.06. The maximum atomic E-state index is 13.1. The summed E-state index contributed by atoms with van der Waals surface area (Å²) < 4.78 is 15.0. The highest BCUT2D eigenvalue weighted by atomic mass is 35.5. The van der Waals surface area contributed by atoms with E-state index in [4.69, 9.17) is 26.1 Å². The molecule has 0 aliphatic carbocycles. The van der Waals surface area contributed by atoms with Gasteiger partial charge in [0.1, 0.15) is 11.4 Å². The number of hydrogen-bond donors (Lipinski definition) is 0. The van der Waals surface area contributed by atoms with E-state index in [1.54, 1.807) is 16.7 Å². The topological polar surface area (TPSA) is 61.5 Å². The van der Waals surface area contributed by atoms with Gasteiger partial charge in [-0.1, -0.05) is 11.6 Å². The monoisotopic (exact) mass is 492 g/mol. The van der Waals surface area contributed by atoms with E-state index in [9.17, 15) is 4.79 Å². The van der Waals surface area contributed by atoms with E-state index in [0.717, 1.165) is 59.7 Å². The second kappa shape index (κ2) is 9.76. The number of ether oxygens (including phenoxy) is 2. The summed E-state index contributed by atoms with van der Waals surface area (Å²) in [7, 11) is 1.98. The van der Waals surface area contributed by atoms with E-state index in [2.05, 4.69) is 11.0 Å². The summed E-state index contributed by atoms with van der Waals surface area (Å²) in [6.07, 6.45) is 5.83. The highest BCUT2D eigenvalue weighted by Gasteiger charge is 2.16. The van der Waals surface area contributed by atoms with E-state index in [1.807, 2.05) is 62.3 Å². The molecule has 0 saturated carbocycles. The molecule has 1 saturated heterocycles. The summed E-state index contributed by atoms with van der Waals surface area (Å²) in [5.74, 6) is 0.700. The number of pyridine rings is 2. The number of anilines is 1. The number of aryl methyl sites for hydroxylation is 1. The summed E-state index contributed by atoms with van der Waals surface area (Å²) >= 11 is 6.29. The molecule has 1 aliphatic rings. The fraction of sp³-hybridized carbons (Fsp3) is 0.333. The Hall–Kier alpha value is -3.29. The van der Waals surface area contributed by atoms with Crippen LogP contribution in [0.5, 0.6) is 5.75 Å². The van der Waals surface area contributed by atoms with E-state index in [0.29, 0.717) is 17.3 Å². The molecule has 1 aliphatic heterocycles. The van der Waals surface area contributed by atoms with Gasteiger partial charge in [0.2, 0.25) is 0 Å². The van der Waals surface area contributed by atoms with Gasteiger partial charge in [-0.2, -0.15) is 0 Å². The zero-order chi connectivity index (χ0) is 24.5. The van der Waals surface area contributed by atoms with Gasteiger partial charge in [0, 0.05) is 54.6 Å². The number of fused-ring (bicyclic) bond motifs is 1. The Balaban J connectivity index is 1.46. The van der Waals surface area contributed by atoms with Crippen LogP contribution in [-0.4, -0.2) is 46.5 Å². The van der Waals surface area contributed by atoms with Crippen LogP contribution < -0.4 is 15.2 Å². The summed E-state index contributed by atoms with van der Waals surface area (Å²) in [5.41, 5.74) is 4.65. The third-order valence-corrected chi connectivity index (χ3v) is 6.36. The molecule has 0 bridgehead atoms. The summed E-state index contributed by atoms with van der Waals surface area (Å²) in [6.45, 7) is 7.47. The molecular formula is C27H29ClN4O3. The Labute approximate surface area is 209 Å². The van der Waals surface area contributed by atoms with Gasteiger partial charge in [-0.3, -0.25) is 4.79 Å². The number of rotatable bonds is 6. The molecule has 3 aromatic heterocycles. The largest absolute Gasteiger partial charge is 0.491 e. The standard InChI is InChI=1S/C27H29ClN4O3/c1-18(2)35-23-11-19(10-21(28)13-23)16-32-5-4-20(12-26(32)33)25-17-30(3)27-24(25)14-22(15-29-27)31-6-8-34-9-7-31/h4-5,10-15,17-18H,6-9,16H2,1-3H3. The predicted octanol–water partition coefficient (Wildman–Crippen LogP) is 4.73. The van der Waals surface area contributed by atoms with Gasteiger partial charge in [0.15, 0.2) is 0 Å². The van der Waals surface area contributed by atoms with Crippen LogP contribution in [0, 0.1) is 0 Å². The molecule has 4 heterocycles. The molecule has 0 radical (unpaired) electrons. The van der Waals surface area contributed by atoms with Gasteiger partial charge in [0.25, 0.3) is 5.56 Å². The molecule has 8 heteroatoms. The molecule has 35 heavy (non-hydrogen) atoms. The van der Waals surface area contributed by atoms with Crippen molar-refractivity contribution in [1.82, 2.24) is 14.1 Å². The van der Waals surface area contributed by atoms with E-state index >= 15 is 0 Å². The molecule has 0 spiro atoms. The molecule has 0 N–H and O–H groups in total. The average molecular weight is 493 g/mol. The number of benzene rings is 1. The number of aromatic nitrogens is 3. The Morgan fingerprint density at radius 3 is 2.69 bits per heavy atom. The fourth-order valence-electron chi connectivity index (χ4n) is 4.53. The van der Waals surface area contributed by atoms with Crippen molar-refractivity contribution in [3.63, 3.8) is 0 Å². The molecule has 0 amide bonds. The lowest BCUT2D eigenvalue weighted by Gasteiger charge is -2.28. The van der Waals surface area contributed by atoms with Crippen molar-refractivity contribution in [2.45, 2.75) is 26.5 Å². The molecule has 1 aromatic carbocycles. The molecular weight excluding hydrogens is 464 g/mol. The number of halogens is 1. The summed E-state index contributed by atoms with van der Waals surface area (Å²) in [6, 6.07) is 11.4. The van der Waals surface area contributed by atoms with Gasteiger partial charge < -0.3 is 23.5 Å². The van der Waals surface area contributed by atoms with Crippen LogP contribution in [0.2, 0.25) is 5.02 Å². The van der Waals surface area contributed by atoms with E-state index in [-0.39, 0.29) is 11.7 Å². The number of morpholine rings is 1. The van der Waals surface area contributed by atoms with Gasteiger partial charge in [0.05, 0.1) is 37.7 Å². The zero-order valence-electron chi connectivity index (χ0n) is 20.2. The van der Waals surface area contributed by atoms with E-state index < -0.39 is 0 Å². The van der Waals surface area contributed by atoms with Crippen molar-refractivity contribution in [3.05, 3.63) is 75.9 Å². The first kappa shape index (κ1) is 23.5. The molecule has 0 unspecified atom stereocenters. The number of hydrogen-bond acceptors (Lipinski definition) is 5. The van der Waals surface area contributed by atoms with Gasteiger partial charge in [-0.15, -0.1) is 0 Å². The van der Waals surface area contributed by atoms with Crippen LogP contribution in [0.25, 0.3) is 22.2 Å². The lowest BCUT2D eigenvalue weighted by atomic mass is 10.1. The van der Waals surface area contributed by atoms with Gasteiger partial charge in [-0.05, 0) is 55.3 Å². The lowest BCUT2D eigenvalue weighted by molar-refractivity contribution is 0.122. The maximum absolute atomic E-state index is 13.1. The van der Waals surface area contributed by atoms with Crippen LogP contribution in [0.3, 0.4) is 0 Å². The van der Waals surface area contributed by atoms with Crippen LogP contribution in [0.15, 0.2) is 59.8 Å². The van der Waals surface area contributed by atoms with Gasteiger partial charge >= 0.3 is 0 Å². The van der Waals surface area contributed by atoms with Crippen molar-refractivity contribution in [1.29, 1.82) is 0 Å². The van der Waals surface area contributed by atoms with Crippen molar-refractivity contribution < 1.29 is 9.47 Å². The van der Waals surface area contributed by atoms with Crippen molar-refractivity contribution in [2.75, 3.05) is 31.2 Å². The first-order valence-corrected chi connectivity index (χ1v) is 12.2. The van der Waals surface area contributed by atoms with Crippen molar-refractivity contribution in [3.8, 4) is 16.9 Å². The Morgan fingerprint density at radius 2 is 1.94 bits per heavy atom. The molecule has 7 nitrogen and oxygen atoms in total. The van der Waals surface area contributed by atoms with Crippen molar-refractivity contribution >= 4 is 28.3 Å². The second-order valence-corrected chi connectivity index (χ2v) is 9.60. The molecule has 1 fully saturated rings. The quantitative estimate of drug-likeness (QED) is 0.389. The Kier molecular flexibility index (Phi) is 6.54. The molecule has 0 atom stereocenters. The minimum Gasteiger partial charge on any atom is -0.491 e. The first-order chi connectivity index (χ1) is 16.9. The minimum atomic E-state index is -0.0805. The second-order valence-electron chi connectivity index (χ2n) is 9.16. The lowest BCUT2D eigenvalue weighted by Crippen LogP contribution is -2.36. The summed E-state index contributed by atoms with van der Waals surface area (Å²) in [4.78, 5) is 20.1. The predicted molar refractivity (Wildman–Crippen MR) is 140 cm³/mol. The summed E-state index contributed by atoms with van der Waals surface area (Å²) in [5, 5.41) is 1.61. The SMILES string of the molecule is CC(C)Oc1cc(Cl)cc(Cn2ccc(-c3cn(C)c4ncc(N5CCOCC5)cc34)cc2=O)c1. The van der Waals surface area contributed by atoms with Crippen LogP contribution in [0.1, 0.15) is 19.4 Å². The minimum absolute atomic E-state index is 0.0438. The molecule has 5 rings (SSSR count). The molecule has 182 valence electrons. The van der Waals surface area contributed by atoms with Crippen LogP contribution in [-0.2, 0) is 18.3 Å². The highest BCUT2D eigenvalue weighted by Crippen LogP contribution is 2.31. The number of nitrogens with zero attached hydrogens (tertiary/aromatic N) is 4. The smallest absolute Gasteiger partial charge is 0.251 e. The third-order valence-electron chi connectivity index (χ3n) is 6.14. The Bertz CT molecular complexity index is 1420. The van der Waals surface area contributed by atoms with Crippen LogP contribution >= 0.6 is 11.6 Å². The fourth-order valence-corrected chi connectivity index (χ4v) is 4.78.